The van der Waals surface area contributed by atoms with E-state index in [1.54, 1.807) is 30.5 Å². The first-order valence-corrected chi connectivity index (χ1v) is 12.1. The fourth-order valence-electron chi connectivity index (χ4n) is 4.38. The Hall–Kier alpha value is -3.42. The van der Waals surface area contributed by atoms with Crippen molar-refractivity contribution < 1.29 is 9.53 Å². The van der Waals surface area contributed by atoms with Gasteiger partial charge in [0.2, 0.25) is 0 Å². The van der Waals surface area contributed by atoms with E-state index in [0.717, 1.165) is 22.0 Å². The van der Waals surface area contributed by atoms with Crippen molar-refractivity contribution in [3.63, 3.8) is 0 Å². The minimum atomic E-state index is -0.651. The molecule has 2 aromatic carbocycles. The van der Waals surface area contributed by atoms with Gasteiger partial charge in [-0.3, -0.25) is 9.36 Å². The Morgan fingerprint density at radius 2 is 1.94 bits per heavy atom. The zero-order valence-corrected chi connectivity index (χ0v) is 20.5. The van der Waals surface area contributed by atoms with E-state index in [0.29, 0.717) is 25.6 Å². The smallest absolute Gasteiger partial charge is 0.338 e. The van der Waals surface area contributed by atoms with Crippen molar-refractivity contribution in [3.8, 4) is 0 Å². The van der Waals surface area contributed by atoms with Crippen LogP contribution in [0.5, 0.6) is 0 Å². The van der Waals surface area contributed by atoms with Gasteiger partial charge in [0.1, 0.15) is 0 Å². The molecule has 34 heavy (non-hydrogen) atoms. The summed E-state index contributed by atoms with van der Waals surface area (Å²) in [5, 5.41) is 1.64. The third-order valence-electron chi connectivity index (χ3n) is 5.92. The molecule has 0 N–H and O–H groups in total. The molecule has 6 nitrogen and oxygen atoms in total. The summed E-state index contributed by atoms with van der Waals surface area (Å²) in [5.74, 6) is -0.480. The zero-order valence-electron chi connectivity index (χ0n) is 18.9. The van der Waals surface area contributed by atoms with Crippen LogP contribution < -0.4 is 14.9 Å². The molecule has 172 valence electrons. The van der Waals surface area contributed by atoms with Crippen molar-refractivity contribution in [1.82, 2.24) is 9.13 Å². The van der Waals surface area contributed by atoms with Gasteiger partial charge in [-0.15, -0.1) is 0 Å². The highest BCUT2D eigenvalue weighted by atomic mass is 35.5. The summed E-state index contributed by atoms with van der Waals surface area (Å²) in [6.07, 6.45) is 3.91. The van der Waals surface area contributed by atoms with Crippen LogP contribution in [0, 0.1) is 0 Å². The number of hydrogen-bond donors (Lipinski definition) is 0. The summed E-state index contributed by atoms with van der Waals surface area (Å²) in [6.45, 7) is 3.76. The van der Waals surface area contributed by atoms with E-state index >= 15 is 0 Å². The van der Waals surface area contributed by atoms with E-state index in [2.05, 4.69) is 4.99 Å². The first-order valence-electron chi connectivity index (χ1n) is 10.9. The zero-order chi connectivity index (χ0) is 24.0. The Balaban J connectivity index is 1.75. The number of nitrogens with zero attached hydrogens (tertiary/aromatic N) is 3. The Bertz CT molecular complexity index is 1640. The lowest BCUT2D eigenvalue weighted by molar-refractivity contribution is -0.139. The lowest BCUT2D eigenvalue weighted by Crippen LogP contribution is -2.39. The fourth-order valence-corrected chi connectivity index (χ4v) is 5.54. The molecule has 3 heterocycles. The number of halogens is 1. The maximum absolute atomic E-state index is 13.7. The second-order valence-corrected chi connectivity index (χ2v) is 9.51. The number of thiazole rings is 1. The minimum Gasteiger partial charge on any atom is -0.463 e. The molecule has 8 heteroatoms. The number of ether oxygens (including phenoxy) is 1. The standard InChI is InChI=1S/C26H22ClN3O3S/c1-4-33-25(32)22-15(2)28-26-30(23(22)16-9-11-18(27)12-10-16)24(31)21(34-26)13-17-14-29(3)20-8-6-5-7-19(17)20/h5-14,23H,4H2,1-3H3/b21-13+/t23-/m1/s1. The molecule has 1 aliphatic rings. The number of benzene rings is 2. The minimum absolute atomic E-state index is 0.203. The lowest BCUT2D eigenvalue weighted by atomic mass is 9.96. The van der Waals surface area contributed by atoms with Gasteiger partial charge in [-0.1, -0.05) is 53.3 Å². The molecule has 0 unspecified atom stereocenters. The van der Waals surface area contributed by atoms with Crippen molar-refractivity contribution in [3.05, 3.63) is 102 Å². The average molecular weight is 492 g/mol. The Labute approximate surface area is 204 Å². The largest absolute Gasteiger partial charge is 0.463 e. The van der Waals surface area contributed by atoms with Crippen LogP contribution in [0.2, 0.25) is 5.02 Å². The summed E-state index contributed by atoms with van der Waals surface area (Å²) in [4.78, 5) is 31.8. The fraction of sp³-hybridized carbons (Fsp3) is 0.192. The van der Waals surface area contributed by atoms with Gasteiger partial charge in [0, 0.05) is 34.7 Å². The van der Waals surface area contributed by atoms with Crippen molar-refractivity contribution in [1.29, 1.82) is 0 Å². The number of fused-ring (bicyclic) bond motifs is 2. The highest BCUT2D eigenvalue weighted by Crippen LogP contribution is 2.31. The Morgan fingerprint density at radius 1 is 1.21 bits per heavy atom. The number of aryl methyl sites for hydroxylation is 1. The second-order valence-electron chi connectivity index (χ2n) is 8.07. The van der Waals surface area contributed by atoms with E-state index in [1.807, 2.05) is 60.3 Å². The number of carbonyl (C=O) groups is 1. The van der Waals surface area contributed by atoms with Crippen LogP contribution >= 0.6 is 22.9 Å². The van der Waals surface area contributed by atoms with Crippen molar-refractivity contribution in [2.45, 2.75) is 19.9 Å². The summed E-state index contributed by atoms with van der Waals surface area (Å²) >= 11 is 7.42. The van der Waals surface area contributed by atoms with Gasteiger partial charge in [-0.25, -0.2) is 9.79 Å². The Morgan fingerprint density at radius 3 is 2.68 bits per heavy atom. The van der Waals surface area contributed by atoms with Crippen molar-refractivity contribution >= 4 is 45.9 Å². The molecular formula is C26H22ClN3O3S. The van der Waals surface area contributed by atoms with E-state index in [4.69, 9.17) is 16.3 Å². The molecule has 0 fully saturated rings. The molecule has 0 amide bonds. The number of carbonyl (C=O) groups excluding carboxylic acids is 1. The highest BCUT2D eigenvalue weighted by molar-refractivity contribution is 7.07. The van der Waals surface area contributed by atoms with Gasteiger partial charge in [0.25, 0.3) is 5.56 Å². The third kappa shape index (κ3) is 3.71. The average Bonchev–Trinajstić information content (AvgIpc) is 3.30. The molecule has 0 saturated carbocycles. The summed E-state index contributed by atoms with van der Waals surface area (Å²) in [5.41, 5.74) is 3.49. The van der Waals surface area contributed by atoms with Crippen LogP contribution in [0.1, 0.15) is 31.0 Å². The molecule has 0 spiro atoms. The quantitative estimate of drug-likeness (QED) is 0.406. The number of esters is 1. The van der Waals surface area contributed by atoms with E-state index in [9.17, 15) is 9.59 Å². The predicted octanol–water partition coefficient (Wildman–Crippen LogP) is 3.94. The molecule has 4 aromatic rings. The van der Waals surface area contributed by atoms with Gasteiger partial charge < -0.3 is 9.30 Å². The molecule has 0 saturated heterocycles. The maximum Gasteiger partial charge on any atom is 0.338 e. The molecule has 0 bridgehead atoms. The first kappa shape index (κ1) is 22.4. The number of hydrogen-bond acceptors (Lipinski definition) is 5. The number of rotatable bonds is 4. The second kappa shape index (κ2) is 8.74. The summed E-state index contributed by atoms with van der Waals surface area (Å²) < 4.78 is 9.51. The SMILES string of the molecule is CCOC(=O)C1=C(C)N=c2s/c(=C/c3cn(C)c4ccccc34)c(=O)n2[C@@H]1c1ccc(Cl)cc1. The molecule has 1 aliphatic heterocycles. The molecular weight excluding hydrogens is 470 g/mol. The van der Waals surface area contributed by atoms with Crippen molar-refractivity contribution in [2.24, 2.45) is 12.0 Å². The summed E-state index contributed by atoms with van der Waals surface area (Å²) in [6, 6.07) is 14.6. The van der Waals surface area contributed by atoms with Crippen LogP contribution in [0.25, 0.3) is 17.0 Å². The molecule has 0 radical (unpaired) electrons. The maximum atomic E-state index is 13.7. The van der Waals surface area contributed by atoms with Crippen LogP contribution in [0.4, 0.5) is 0 Å². The van der Waals surface area contributed by atoms with Gasteiger partial charge >= 0.3 is 5.97 Å². The van der Waals surface area contributed by atoms with E-state index < -0.39 is 12.0 Å². The van der Waals surface area contributed by atoms with Gasteiger partial charge in [0.05, 0.1) is 28.5 Å². The van der Waals surface area contributed by atoms with Gasteiger partial charge in [0.15, 0.2) is 4.80 Å². The topological polar surface area (TPSA) is 65.6 Å². The van der Waals surface area contributed by atoms with Gasteiger partial charge in [-0.2, -0.15) is 0 Å². The van der Waals surface area contributed by atoms with Crippen LogP contribution in [-0.2, 0) is 16.6 Å². The normalized spacial score (nSPS) is 16.0. The molecule has 0 aliphatic carbocycles. The number of para-hydroxylation sites is 1. The molecule has 2 aromatic heterocycles. The van der Waals surface area contributed by atoms with Crippen LogP contribution in [0.15, 0.2) is 75.8 Å². The first-order chi connectivity index (χ1) is 16.4. The molecule has 5 rings (SSSR count). The number of aromatic nitrogens is 2. The highest BCUT2D eigenvalue weighted by Gasteiger charge is 2.33. The third-order valence-corrected chi connectivity index (χ3v) is 7.15. The monoisotopic (exact) mass is 491 g/mol. The Kier molecular flexibility index (Phi) is 5.75. The molecule has 1 atom stereocenters. The predicted molar refractivity (Wildman–Crippen MR) is 135 cm³/mol. The lowest BCUT2D eigenvalue weighted by Gasteiger charge is -2.24. The van der Waals surface area contributed by atoms with Crippen LogP contribution in [-0.4, -0.2) is 21.7 Å². The summed E-state index contributed by atoms with van der Waals surface area (Å²) in [7, 11) is 1.98. The van der Waals surface area contributed by atoms with E-state index in [1.165, 1.54) is 11.3 Å². The van der Waals surface area contributed by atoms with E-state index in [-0.39, 0.29) is 12.2 Å². The number of allylic oxidation sites excluding steroid dienone is 1. The van der Waals surface area contributed by atoms with Crippen LogP contribution in [0.3, 0.4) is 0 Å². The van der Waals surface area contributed by atoms with Crippen molar-refractivity contribution in [2.75, 3.05) is 6.61 Å². The van der Waals surface area contributed by atoms with Gasteiger partial charge in [-0.05, 0) is 43.7 Å².